The molecule has 6 nitrogen and oxygen atoms in total. The second-order valence-electron chi connectivity index (χ2n) is 6.25. The Morgan fingerprint density at radius 3 is 2.52 bits per heavy atom. The van der Waals surface area contributed by atoms with E-state index in [1.165, 1.54) is 13.0 Å². The molecule has 1 aliphatic rings. The number of halogens is 3. The van der Waals surface area contributed by atoms with Gasteiger partial charge in [0.05, 0.1) is 5.56 Å². The third kappa shape index (κ3) is 3.75. The number of benzene rings is 1. The van der Waals surface area contributed by atoms with Crippen molar-refractivity contribution in [1.29, 1.82) is 0 Å². The Hall–Kier alpha value is -2.58. The van der Waals surface area contributed by atoms with Gasteiger partial charge in [-0.05, 0) is 38.5 Å². The molecule has 2 N–H and O–H groups in total. The zero-order valence-corrected chi connectivity index (χ0v) is 13.9. The van der Waals surface area contributed by atoms with Crippen molar-refractivity contribution in [3.63, 3.8) is 0 Å². The van der Waals surface area contributed by atoms with Crippen LogP contribution in [0.25, 0.3) is 0 Å². The molecule has 1 saturated heterocycles. The first kappa shape index (κ1) is 18.8. The third-order valence-electron chi connectivity index (χ3n) is 3.79. The van der Waals surface area contributed by atoms with E-state index in [1.807, 2.05) is 0 Å². The van der Waals surface area contributed by atoms with E-state index in [9.17, 15) is 27.6 Å². The lowest BCUT2D eigenvalue weighted by Gasteiger charge is -2.23. The Morgan fingerprint density at radius 2 is 1.96 bits per heavy atom. The predicted octanol–water partition coefficient (Wildman–Crippen LogP) is 2.00. The lowest BCUT2D eigenvalue weighted by atomic mass is 9.90. The summed E-state index contributed by atoms with van der Waals surface area (Å²) in [7, 11) is 0. The summed E-state index contributed by atoms with van der Waals surface area (Å²) in [6.07, 6.45) is -4.57. The molecule has 0 radical (unpaired) electrons. The van der Waals surface area contributed by atoms with Crippen molar-refractivity contribution in [3.8, 4) is 0 Å². The summed E-state index contributed by atoms with van der Waals surface area (Å²) in [5.74, 6) is -1.32. The number of hydrogen-bond acceptors (Lipinski definition) is 3. The molecule has 0 saturated carbocycles. The maximum atomic E-state index is 12.9. The molecule has 2 rings (SSSR count). The van der Waals surface area contributed by atoms with E-state index in [0.29, 0.717) is 4.90 Å². The largest absolute Gasteiger partial charge is 0.416 e. The SMILES string of the molecule is CC(C)NC(=O)CN1C(=O)N[C@@](C)(c2cccc(C(F)(F)F)c2)C1=O. The van der Waals surface area contributed by atoms with Gasteiger partial charge >= 0.3 is 12.2 Å². The fourth-order valence-corrected chi connectivity index (χ4v) is 2.55. The number of imide groups is 1. The predicted molar refractivity (Wildman–Crippen MR) is 82.3 cm³/mol. The van der Waals surface area contributed by atoms with Gasteiger partial charge in [-0.3, -0.25) is 14.5 Å². The Morgan fingerprint density at radius 1 is 1.32 bits per heavy atom. The maximum absolute atomic E-state index is 12.9. The molecule has 0 spiro atoms. The number of rotatable bonds is 4. The summed E-state index contributed by atoms with van der Waals surface area (Å²) in [6.45, 7) is 4.24. The highest BCUT2D eigenvalue weighted by molar-refractivity contribution is 6.09. The lowest BCUT2D eigenvalue weighted by molar-refractivity contribution is -0.138. The number of amides is 4. The van der Waals surface area contributed by atoms with Gasteiger partial charge in [0.2, 0.25) is 5.91 Å². The molecular formula is C16H18F3N3O3. The number of alkyl halides is 3. The molecule has 136 valence electrons. The van der Waals surface area contributed by atoms with Crippen molar-refractivity contribution in [3.05, 3.63) is 35.4 Å². The van der Waals surface area contributed by atoms with Gasteiger partial charge in [-0.25, -0.2) is 4.79 Å². The van der Waals surface area contributed by atoms with E-state index < -0.39 is 41.7 Å². The Balaban J connectivity index is 2.29. The number of urea groups is 1. The molecule has 0 bridgehead atoms. The summed E-state index contributed by atoms with van der Waals surface area (Å²) >= 11 is 0. The van der Waals surface area contributed by atoms with Crippen LogP contribution in [0.2, 0.25) is 0 Å². The van der Waals surface area contributed by atoms with Crippen LogP contribution in [0.15, 0.2) is 24.3 Å². The molecular weight excluding hydrogens is 339 g/mol. The number of hydrogen-bond donors (Lipinski definition) is 2. The Bertz CT molecular complexity index is 718. The highest BCUT2D eigenvalue weighted by atomic mass is 19.4. The van der Waals surface area contributed by atoms with Crippen LogP contribution in [0.1, 0.15) is 31.9 Å². The summed E-state index contributed by atoms with van der Waals surface area (Å²) in [5, 5.41) is 4.92. The lowest BCUT2D eigenvalue weighted by Crippen LogP contribution is -2.44. The first-order chi connectivity index (χ1) is 11.4. The van der Waals surface area contributed by atoms with Crippen LogP contribution in [0.3, 0.4) is 0 Å². The van der Waals surface area contributed by atoms with Crippen molar-refractivity contribution < 1.29 is 27.6 Å². The topological polar surface area (TPSA) is 78.5 Å². The fourth-order valence-electron chi connectivity index (χ4n) is 2.55. The second kappa shape index (κ2) is 6.38. The van der Waals surface area contributed by atoms with Crippen molar-refractivity contribution in [1.82, 2.24) is 15.5 Å². The van der Waals surface area contributed by atoms with E-state index in [0.717, 1.165) is 18.2 Å². The van der Waals surface area contributed by atoms with Gasteiger partial charge in [0.1, 0.15) is 12.1 Å². The highest BCUT2D eigenvalue weighted by Crippen LogP contribution is 2.34. The third-order valence-corrected chi connectivity index (χ3v) is 3.79. The van der Waals surface area contributed by atoms with Crippen LogP contribution in [0.4, 0.5) is 18.0 Å². The Kier molecular flexibility index (Phi) is 4.79. The molecule has 0 aliphatic carbocycles. The van der Waals surface area contributed by atoms with Crippen LogP contribution in [0.5, 0.6) is 0 Å². The minimum atomic E-state index is -4.57. The summed E-state index contributed by atoms with van der Waals surface area (Å²) in [6, 6.07) is 3.17. The van der Waals surface area contributed by atoms with Crippen LogP contribution in [0, 0.1) is 0 Å². The van der Waals surface area contributed by atoms with Gasteiger partial charge in [-0.15, -0.1) is 0 Å². The first-order valence-corrected chi connectivity index (χ1v) is 7.56. The molecule has 0 unspecified atom stereocenters. The molecule has 1 aromatic rings. The molecule has 4 amide bonds. The average Bonchev–Trinajstić information content (AvgIpc) is 2.70. The van der Waals surface area contributed by atoms with Gasteiger partial charge in [0.25, 0.3) is 5.91 Å². The molecule has 1 aromatic carbocycles. The van der Waals surface area contributed by atoms with E-state index in [4.69, 9.17) is 0 Å². The van der Waals surface area contributed by atoms with Crippen LogP contribution in [-0.2, 0) is 21.3 Å². The summed E-state index contributed by atoms with van der Waals surface area (Å²) < 4.78 is 38.7. The van der Waals surface area contributed by atoms with Crippen molar-refractivity contribution in [2.24, 2.45) is 0 Å². The van der Waals surface area contributed by atoms with Crippen LogP contribution in [-0.4, -0.2) is 35.3 Å². The van der Waals surface area contributed by atoms with Crippen LogP contribution < -0.4 is 10.6 Å². The number of nitrogens with one attached hydrogen (secondary N) is 2. The number of carbonyl (C=O) groups is 3. The minimum Gasteiger partial charge on any atom is -0.352 e. The average molecular weight is 357 g/mol. The van der Waals surface area contributed by atoms with Gasteiger partial charge < -0.3 is 10.6 Å². The Labute approximate surface area is 142 Å². The first-order valence-electron chi connectivity index (χ1n) is 7.56. The normalized spacial score (nSPS) is 20.8. The molecule has 9 heteroatoms. The second-order valence-corrected chi connectivity index (χ2v) is 6.25. The number of carbonyl (C=O) groups excluding carboxylic acids is 3. The van der Waals surface area contributed by atoms with E-state index in [-0.39, 0.29) is 11.6 Å². The molecule has 1 heterocycles. The fraction of sp³-hybridized carbons (Fsp3) is 0.438. The van der Waals surface area contributed by atoms with E-state index >= 15 is 0 Å². The number of nitrogens with zero attached hydrogens (tertiary/aromatic N) is 1. The van der Waals surface area contributed by atoms with Gasteiger partial charge in [0, 0.05) is 6.04 Å². The molecule has 25 heavy (non-hydrogen) atoms. The van der Waals surface area contributed by atoms with Crippen LogP contribution >= 0.6 is 0 Å². The van der Waals surface area contributed by atoms with Gasteiger partial charge in [-0.2, -0.15) is 13.2 Å². The standard InChI is InChI=1S/C16H18F3N3O3/c1-9(2)20-12(23)8-22-13(24)15(3,21-14(22)25)10-5-4-6-11(7-10)16(17,18)19/h4-7,9H,8H2,1-3H3,(H,20,23)(H,21,25)/t15-/m0/s1. The molecule has 0 aromatic heterocycles. The molecule has 1 fully saturated rings. The molecule has 1 aliphatic heterocycles. The van der Waals surface area contributed by atoms with E-state index in [2.05, 4.69) is 10.6 Å². The van der Waals surface area contributed by atoms with Gasteiger partial charge in [-0.1, -0.05) is 12.1 Å². The van der Waals surface area contributed by atoms with Crippen molar-refractivity contribution in [2.45, 2.75) is 38.5 Å². The summed E-state index contributed by atoms with van der Waals surface area (Å²) in [5.41, 5.74) is -2.60. The minimum absolute atomic E-state index is 0.00700. The van der Waals surface area contributed by atoms with Crippen molar-refractivity contribution in [2.75, 3.05) is 6.54 Å². The monoisotopic (exact) mass is 357 g/mol. The zero-order valence-electron chi connectivity index (χ0n) is 13.9. The quantitative estimate of drug-likeness (QED) is 0.809. The van der Waals surface area contributed by atoms with Gasteiger partial charge in [0.15, 0.2) is 0 Å². The van der Waals surface area contributed by atoms with E-state index in [1.54, 1.807) is 13.8 Å². The zero-order chi connectivity index (χ0) is 19.0. The smallest absolute Gasteiger partial charge is 0.352 e. The highest BCUT2D eigenvalue weighted by Gasteiger charge is 2.50. The molecule has 1 atom stereocenters. The summed E-state index contributed by atoms with van der Waals surface area (Å²) in [4.78, 5) is 37.2. The van der Waals surface area contributed by atoms with Crippen molar-refractivity contribution >= 4 is 17.8 Å². The maximum Gasteiger partial charge on any atom is 0.416 e.